The highest BCUT2D eigenvalue weighted by Crippen LogP contribution is 2.19. The van der Waals surface area contributed by atoms with E-state index in [0.717, 1.165) is 16.5 Å². The Morgan fingerprint density at radius 1 is 1.42 bits per heavy atom. The van der Waals surface area contributed by atoms with E-state index >= 15 is 0 Å². The van der Waals surface area contributed by atoms with Crippen molar-refractivity contribution >= 4 is 40.2 Å². The third-order valence-electron chi connectivity index (χ3n) is 3.43. The molecule has 1 amide bonds. The lowest BCUT2D eigenvalue weighted by Crippen LogP contribution is -2.09. The van der Waals surface area contributed by atoms with Gasteiger partial charge in [-0.15, -0.1) is 0 Å². The second-order valence-corrected chi connectivity index (χ2v) is 5.53. The van der Waals surface area contributed by atoms with E-state index in [1.807, 2.05) is 18.2 Å². The number of H-pyrrole nitrogens is 1. The second kappa shape index (κ2) is 6.52. The lowest BCUT2D eigenvalue weighted by atomic mass is 10.1. The van der Waals surface area contributed by atoms with Gasteiger partial charge in [-0.25, -0.2) is 0 Å². The summed E-state index contributed by atoms with van der Waals surface area (Å²) in [5.41, 5.74) is 3.15. The van der Waals surface area contributed by atoms with Gasteiger partial charge in [-0.05, 0) is 36.8 Å². The fourth-order valence-corrected chi connectivity index (χ4v) is 2.36. The summed E-state index contributed by atoms with van der Waals surface area (Å²) in [6.45, 7) is 1.79. The molecule has 0 atom stereocenters. The molecule has 0 saturated heterocycles. The fraction of sp³-hybridized carbons (Fsp3) is 0.0588. The first kappa shape index (κ1) is 15.7. The second-order valence-electron chi connectivity index (χ2n) is 5.10. The number of aryl methyl sites for hydroxylation is 1. The van der Waals surface area contributed by atoms with E-state index in [0.29, 0.717) is 22.1 Å². The molecule has 0 aliphatic heterocycles. The van der Waals surface area contributed by atoms with Crippen LogP contribution in [0.15, 0.2) is 36.5 Å². The third-order valence-corrected chi connectivity index (χ3v) is 3.64. The zero-order chi connectivity index (χ0) is 17.1. The third kappa shape index (κ3) is 3.26. The number of hydrogen-bond donors (Lipinski definition) is 2. The van der Waals surface area contributed by atoms with Crippen LogP contribution in [-0.4, -0.2) is 21.1 Å². The molecule has 0 saturated carbocycles. The minimum absolute atomic E-state index is 0.287. The molecule has 0 aliphatic carbocycles. The van der Waals surface area contributed by atoms with Crippen molar-refractivity contribution in [2.24, 2.45) is 0 Å². The number of rotatable bonds is 3. The molecule has 0 radical (unpaired) electrons. The molecular weight excluding hydrogens is 326 g/mol. The minimum atomic E-state index is -0.287. The first-order valence-electron chi connectivity index (χ1n) is 7.06. The number of fused-ring (bicyclic) bond motifs is 1. The number of aromatic amines is 1. The molecule has 24 heavy (non-hydrogen) atoms. The predicted octanol–water partition coefficient (Wildman–Crippen LogP) is 3.44. The Labute approximate surface area is 142 Å². The Hall–Kier alpha value is -3.17. The highest BCUT2D eigenvalue weighted by molar-refractivity contribution is 6.30. The Bertz CT molecular complexity index is 1000. The molecule has 3 rings (SSSR count). The lowest BCUT2D eigenvalue weighted by Gasteiger charge is -2.05. The Morgan fingerprint density at radius 2 is 2.25 bits per heavy atom. The topological polar surface area (TPSA) is 94.5 Å². The van der Waals surface area contributed by atoms with E-state index in [-0.39, 0.29) is 5.91 Å². The van der Waals surface area contributed by atoms with Crippen LogP contribution in [0.25, 0.3) is 17.0 Å². The molecule has 0 fully saturated rings. The number of amides is 1. The molecule has 0 bridgehead atoms. The molecule has 3 aromatic rings. The lowest BCUT2D eigenvalue weighted by molar-refractivity contribution is -0.111. The number of nitrogens with zero attached hydrogens (tertiary/aromatic N) is 3. The summed E-state index contributed by atoms with van der Waals surface area (Å²) < 4.78 is 0. The number of nitriles is 1. The van der Waals surface area contributed by atoms with Crippen molar-refractivity contribution in [1.29, 1.82) is 5.26 Å². The van der Waals surface area contributed by atoms with E-state index in [1.54, 1.807) is 25.1 Å². The maximum atomic E-state index is 12.0. The van der Waals surface area contributed by atoms with Gasteiger partial charge in [0, 0.05) is 17.7 Å². The van der Waals surface area contributed by atoms with Gasteiger partial charge >= 0.3 is 0 Å². The quantitative estimate of drug-likeness (QED) is 0.716. The first-order chi connectivity index (χ1) is 11.6. The number of nitrogens with one attached hydrogen (secondary N) is 2. The van der Waals surface area contributed by atoms with Crippen LogP contribution < -0.4 is 5.32 Å². The van der Waals surface area contributed by atoms with Crippen LogP contribution in [0.4, 0.5) is 5.69 Å². The number of aromatic nitrogens is 3. The van der Waals surface area contributed by atoms with E-state index in [9.17, 15) is 4.79 Å². The maximum Gasteiger partial charge on any atom is 0.248 e. The van der Waals surface area contributed by atoms with Crippen molar-refractivity contribution in [3.8, 4) is 6.07 Å². The minimum Gasteiger partial charge on any atom is -0.321 e. The molecule has 7 heteroatoms. The SMILES string of the molecule is Cc1ncc(Cl)cc1NC(=O)/C=C/c1ccc2c(C#N)n[nH]c2c1. The van der Waals surface area contributed by atoms with Crippen LogP contribution in [0.3, 0.4) is 0 Å². The predicted molar refractivity (Wildman–Crippen MR) is 92.5 cm³/mol. The zero-order valence-electron chi connectivity index (χ0n) is 12.7. The van der Waals surface area contributed by atoms with E-state index < -0.39 is 0 Å². The van der Waals surface area contributed by atoms with E-state index in [2.05, 4.69) is 20.5 Å². The van der Waals surface area contributed by atoms with Crippen molar-refractivity contribution < 1.29 is 4.79 Å². The van der Waals surface area contributed by atoms with Crippen molar-refractivity contribution in [2.45, 2.75) is 6.92 Å². The van der Waals surface area contributed by atoms with Gasteiger partial charge in [0.25, 0.3) is 0 Å². The summed E-state index contributed by atoms with van der Waals surface area (Å²) in [4.78, 5) is 16.1. The van der Waals surface area contributed by atoms with E-state index in [1.165, 1.54) is 12.3 Å². The van der Waals surface area contributed by atoms with Gasteiger partial charge in [0.15, 0.2) is 5.69 Å². The van der Waals surface area contributed by atoms with E-state index in [4.69, 9.17) is 16.9 Å². The summed E-state index contributed by atoms with van der Waals surface area (Å²) in [6, 6.07) is 9.09. The van der Waals surface area contributed by atoms with Gasteiger partial charge in [0.1, 0.15) is 6.07 Å². The van der Waals surface area contributed by atoms with Crippen LogP contribution in [0, 0.1) is 18.3 Å². The van der Waals surface area contributed by atoms with Crippen LogP contribution >= 0.6 is 11.6 Å². The smallest absolute Gasteiger partial charge is 0.248 e. The highest BCUT2D eigenvalue weighted by Gasteiger charge is 2.06. The average Bonchev–Trinajstić information content (AvgIpc) is 2.98. The molecule has 2 N–H and O–H groups in total. The van der Waals surface area contributed by atoms with Crippen LogP contribution in [-0.2, 0) is 4.79 Å². The monoisotopic (exact) mass is 337 g/mol. The summed E-state index contributed by atoms with van der Waals surface area (Å²) in [6.07, 6.45) is 4.62. The number of pyridine rings is 1. The molecule has 2 heterocycles. The largest absolute Gasteiger partial charge is 0.321 e. The number of anilines is 1. The van der Waals surface area contributed by atoms with Gasteiger partial charge in [-0.1, -0.05) is 17.7 Å². The van der Waals surface area contributed by atoms with Gasteiger partial charge in [0.05, 0.1) is 21.9 Å². The molecular formula is C17H12ClN5O. The zero-order valence-corrected chi connectivity index (χ0v) is 13.4. The van der Waals surface area contributed by atoms with Crippen molar-refractivity contribution in [3.05, 3.63) is 58.5 Å². The maximum absolute atomic E-state index is 12.0. The van der Waals surface area contributed by atoms with Crippen LogP contribution in [0.1, 0.15) is 17.0 Å². The number of benzene rings is 1. The van der Waals surface area contributed by atoms with Gasteiger partial charge in [0.2, 0.25) is 5.91 Å². The summed E-state index contributed by atoms with van der Waals surface area (Å²) in [7, 11) is 0. The molecule has 6 nitrogen and oxygen atoms in total. The highest BCUT2D eigenvalue weighted by atomic mass is 35.5. The Kier molecular flexibility index (Phi) is 4.27. The van der Waals surface area contributed by atoms with Crippen molar-refractivity contribution in [2.75, 3.05) is 5.32 Å². The standard InChI is InChI=1S/C17H12ClN5O/c1-10-14(7-12(18)9-20-10)21-17(24)5-3-11-2-4-13-15(6-11)22-23-16(13)8-19/h2-7,9H,1H3,(H,21,24)(H,22,23)/b5-3+. The average molecular weight is 338 g/mol. The molecule has 0 aliphatic rings. The molecule has 0 unspecified atom stereocenters. The summed E-state index contributed by atoms with van der Waals surface area (Å²) in [5, 5.41) is 19.6. The molecule has 0 spiro atoms. The first-order valence-corrected chi connectivity index (χ1v) is 7.44. The summed E-state index contributed by atoms with van der Waals surface area (Å²) in [5.74, 6) is -0.287. The Balaban J connectivity index is 1.76. The normalized spacial score (nSPS) is 10.9. The number of carbonyl (C=O) groups is 1. The number of hydrogen-bond acceptors (Lipinski definition) is 4. The van der Waals surface area contributed by atoms with Gasteiger partial charge in [-0.3, -0.25) is 14.9 Å². The van der Waals surface area contributed by atoms with Crippen LogP contribution in [0.5, 0.6) is 0 Å². The molecule has 118 valence electrons. The Morgan fingerprint density at radius 3 is 3.04 bits per heavy atom. The number of carbonyl (C=O) groups excluding carboxylic acids is 1. The molecule has 2 aromatic heterocycles. The van der Waals surface area contributed by atoms with Crippen LogP contribution in [0.2, 0.25) is 5.02 Å². The summed E-state index contributed by atoms with van der Waals surface area (Å²) >= 11 is 5.88. The van der Waals surface area contributed by atoms with Gasteiger partial charge < -0.3 is 5.32 Å². The van der Waals surface area contributed by atoms with Crippen molar-refractivity contribution in [3.63, 3.8) is 0 Å². The van der Waals surface area contributed by atoms with Gasteiger partial charge in [-0.2, -0.15) is 10.4 Å². The fourth-order valence-electron chi connectivity index (χ4n) is 2.21. The number of halogens is 1. The molecule has 1 aromatic carbocycles. The van der Waals surface area contributed by atoms with Crippen molar-refractivity contribution in [1.82, 2.24) is 15.2 Å².